The molecule has 1 aromatic carbocycles. The molecule has 0 saturated carbocycles. The van der Waals surface area contributed by atoms with Crippen LogP contribution >= 0.6 is 0 Å². The molecule has 0 aliphatic carbocycles. The largest absolute Gasteiger partial charge is 0.494 e. The number of nitrogens with zero attached hydrogens (tertiary/aromatic N) is 1. The molecule has 1 N–H and O–H groups in total. The summed E-state index contributed by atoms with van der Waals surface area (Å²) < 4.78 is 11.0. The lowest BCUT2D eigenvalue weighted by molar-refractivity contribution is -0.141. The zero-order valence-electron chi connectivity index (χ0n) is 14.6. The Morgan fingerprint density at radius 3 is 2.50 bits per heavy atom. The van der Waals surface area contributed by atoms with E-state index in [1.54, 1.807) is 20.8 Å². The molecule has 24 heavy (non-hydrogen) atoms. The summed E-state index contributed by atoms with van der Waals surface area (Å²) in [5.41, 5.74) is 0.203. The van der Waals surface area contributed by atoms with Crippen LogP contribution in [0.1, 0.15) is 39.2 Å². The minimum Gasteiger partial charge on any atom is -0.494 e. The second-order valence-corrected chi connectivity index (χ2v) is 6.91. The zero-order valence-corrected chi connectivity index (χ0v) is 14.6. The molecule has 0 spiro atoms. The number of para-hydroxylation sites is 1. The highest BCUT2D eigenvalue weighted by molar-refractivity contribution is 5.76. The van der Waals surface area contributed by atoms with Gasteiger partial charge in [-0.15, -0.1) is 0 Å². The quantitative estimate of drug-likeness (QED) is 0.915. The maximum absolute atomic E-state index is 12.3. The molecule has 1 amide bonds. The van der Waals surface area contributed by atoms with Gasteiger partial charge in [-0.3, -0.25) is 4.79 Å². The van der Waals surface area contributed by atoms with Gasteiger partial charge in [0.25, 0.3) is 0 Å². The number of hydrogen-bond donors (Lipinski definition) is 1. The molecule has 1 aliphatic rings. The van der Waals surface area contributed by atoms with Crippen molar-refractivity contribution in [2.75, 3.05) is 19.7 Å². The summed E-state index contributed by atoms with van der Waals surface area (Å²) in [5, 5.41) is 9.58. The Labute approximate surface area is 142 Å². The van der Waals surface area contributed by atoms with Gasteiger partial charge in [0.1, 0.15) is 11.4 Å². The van der Waals surface area contributed by atoms with Crippen LogP contribution in [0.4, 0.5) is 4.79 Å². The Hall–Kier alpha value is -2.24. The molecule has 6 heteroatoms. The van der Waals surface area contributed by atoms with E-state index in [4.69, 9.17) is 9.47 Å². The third-order valence-electron chi connectivity index (χ3n) is 3.91. The summed E-state index contributed by atoms with van der Waals surface area (Å²) >= 11 is 0. The van der Waals surface area contributed by atoms with E-state index in [2.05, 4.69) is 0 Å². The van der Waals surface area contributed by atoms with Crippen molar-refractivity contribution in [2.24, 2.45) is 5.92 Å². The van der Waals surface area contributed by atoms with Gasteiger partial charge >= 0.3 is 12.1 Å². The average Bonchev–Trinajstić information content (AvgIpc) is 2.92. The van der Waals surface area contributed by atoms with Crippen molar-refractivity contribution < 1.29 is 24.2 Å². The number of likely N-dealkylation sites (tertiary alicyclic amines) is 1. The second-order valence-electron chi connectivity index (χ2n) is 6.91. The van der Waals surface area contributed by atoms with Crippen LogP contribution in [0.5, 0.6) is 5.75 Å². The fourth-order valence-corrected chi connectivity index (χ4v) is 2.92. The molecular weight excluding hydrogens is 310 g/mol. The van der Waals surface area contributed by atoms with Gasteiger partial charge in [-0.2, -0.15) is 0 Å². The Balaban J connectivity index is 2.26. The van der Waals surface area contributed by atoms with Gasteiger partial charge in [-0.1, -0.05) is 18.2 Å². The predicted octanol–water partition coefficient (Wildman–Crippen LogP) is 3.12. The third kappa shape index (κ3) is 4.19. The lowest BCUT2D eigenvalue weighted by atomic mass is 9.88. The number of carboxylic acid groups (broad SMARTS) is 1. The number of amides is 1. The summed E-state index contributed by atoms with van der Waals surface area (Å²) in [6.07, 6.45) is -0.481. The minimum atomic E-state index is -0.919. The summed E-state index contributed by atoms with van der Waals surface area (Å²) in [6, 6.07) is 7.40. The van der Waals surface area contributed by atoms with Gasteiger partial charge in [-0.25, -0.2) is 4.79 Å². The fraction of sp³-hybridized carbons (Fsp3) is 0.556. The lowest BCUT2D eigenvalue weighted by Gasteiger charge is -2.24. The molecule has 1 fully saturated rings. The highest BCUT2D eigenvalue weighted by Gasteiger charge is 2.42. The first-order valence-electron chi connectivity index (χ1n) is 8.15. The summed E-state index contributed by atoms with van der Waals surface area (Å²) in [5.74, 6) is -1.25. The fourth-order valence-electron chi connectivity index (χ4n) is 2.92. The molecule has 0 bridgehead atoms. The van der Waals surface area contributed by atoms with Crippen LogP contribution in [-0.2, 0) is 9.53 Å². The van der Waals surface area contributed by atoms with Crippen molar-refractivity contribution in [3.8, 4) is 5.75 Å². The molecule has 1 heterocycles. The highest BCUT2D eigenvalue weighted by Crippen LogP contribution is 2.38. The Kier molecular flexibility index (Phi) is 5.36. The van der Waals surface area contributed by atoms with Crippen molar-refractivity contribution in [2.45, 2.75) is 39.2 Å². The molecule has 0 unspecified atom stereocenters. The maximum atomic E-state index is 12.3. The molecule has 0 radical (unpaired) electrons. The molecule has 2 atom stereocenters. The van der Waals surface area contributed by atoms with Crippen molar-refractivity contribution in [1.82, 2.24) is 4.90 Å². The average molecular weight is 335 g/mol. The second kappa shape index (κ2) is 7.11. The number of aliphatic carboxylic acids is 1. The van der Waals surface area contributed by atoms with Crippen LogP contribution in [0, 0.1) is 5.92 Å². The number of carbonyl (C=O) groups excluding carboxylic acids is 1. The molecule has 1 aliphatic heterocycles. The first kappa shape index (κ1) is 18.1. The van der Waals surface area contributed by atoms with Crippen LogP contribution in [0.2, 0.25) is 0 Å². The number of carboxylic acids is 1. The first-order chi connectivity index (χ1) is 11.2. The smallest absolute Gasteiger partial charge is 0.410 e. The van der Waals surface area contributed by atoms with Gasteiger partial charge in [0, 0.05) is 19.0 Å². The molecule has 6 nitrogen and oxygen atoms in total. The monoisotopic (exact) mass is 335 g/mol. The number of hydrogen-bond acceptors (Lipinski definition) is 4. The van der Waals surface area contributed by atoms with E-state index in [9.17, 15) is 14.7 Å². The van der Waals surface area contributed by atoms with E-state index in [1.165, 1.54) is 4.90 Å². The van der Waals surface area contributed by atoms with Crippen molar-refractivity contribution in [3.63, 3.8) is 0 Å². The van der Waals surface area contributed by atoms with E-state index < -0.39 is 23.6 Å². The summed E-state index contributed by atoms with van der Waals surface area (Å²) in [4.78, 5) is 25.5. The van der Waals surface area contributed by atoms with Crippen LogP contribution < -0.4 is 4.74 Å². The van der Waals surface area contributed by atoms with E-state index in [1.807, 2.05) is 31.2 Å². The normalized spacial score (nSPS) is 20.8. The van der Waals surface area contributed by atoms with Crippen LogP contribution in [0.3, 0.4) is 0 Å². The van der Waals surface area contributed by atoms with Gasteiger partial charge in [0.05, 0.1) is 12.5 Å². The first-order valence-corrected chi connectivity index (χ1v) is 8.15. The van der Waals surface area contributed by atoms with Gasteiger partial charge in [0.2, 0.25) is 0 Å². The SMILES string of the molecule is CCOc1ccccc1[C@H]1CN(C(=O)OC(C)(C)C)C[C@@H]1C(=O)O. The Bertz CT molecular complexity index is 608. The maximum Gasteiger partial charge on any atom is 0.410 e. The van der Waals surface area contributed by atoms with Crippen LogP contribution in [0.25, 0.3) is 0 Å². The molecule has 1 saturated heterocycles. The predicted molar refractivity (Wildman–Crippen MR) is 89.3 cm³/mol. The van der Waals surface area contributed by atoms with E-state index in [-0.39, 0.29) is 12.5 Å². The Morgan fingerprint density at radius 2 is 1.92 bits per heavy atom. The number of ether oxygens (including phenoxy) is 2. The van der Waals surface area contributed by atoms with Crippen molar-refractivity contribution >= 4 is 12.1 Å². The molecular formula is C18H25NO5. The zero-order chi connectivity index (χ0) is 17.9. The molecule has 0 aromatic heterocycles. The number of benzene rings is 1. The van der Waals surface area contributed by atoms with Crippen molar-refractivity contribution in [3.05, 3.63) is 29.8 Å². The van der Waals surface area contributed by atoms with Crippen LogP contribution in [0.15, 0.2) is 24.3 Å². The highest BCUT2D eigenvalue weighted by atomic mass is 16.6. The van der Waals surface area contributed by atoms with E-state index in [0.29, 0.717) is 18.9 Å². The third-order valence-corrected chi connectivity index (χ3v) is 3.91. The van der Waals surface area contributed by atoms with Gasteiger partial charge < -0.3 is 19.5 Å². The molecule has 1 aromatic rings. The lowest BCUT2D eigenvalue weighted by Crippen LogP contribution is -2.35. The van der Waals surface area contributed by atoms with E-state index >= 15 is 0 Å². The summed E-state index contributed by atoms with van der Waals surface area (Å²) in [6.45, 7) is 8.18. The molecule has 132 valence electrons. The summed E-state index contributed by atoms with van der Waals surface area (Å²) in [7, 11) is 0. The molecule has 2 rings (SSSR count). The number of rotatable bonds is 4. The van der Waals surface area contributed by atoms with E-state index in [0.717, 1.165) is 5.56 Å². The standard InChI is InChI=1S/C18H25NO5/c1-5-23-15-9-7-6-8-12(15)13-10-19(11-14(13)16(20)21)17(22)24-18(2,3)4/h6-9,13-14H,5,10-11H2,1-4H3,(H,20,21)/t13-,14+/m1/s1. The Morgan fingerprint density at radius 1 is 1.25 bits per heavy atom. The number of carbonyl (C=O) groups is 2. The topological polar surface area (TPSA) is 76.1 Å². The van der Waals surface area contributed by atoms with Gasteiger partial charge in [0.15, 0.2) is 0 Å². The minimum absolute atomic E-state index is 0.134. The van der Waals surface area contributed by atoms with Gasteiger partial charge in [-0.05, 0) is 39.3 Å². The van der Waals surface area contributed by atoms with Crippen LogP contribution in [-0.4, -0.2) is 47.4 Å². The van der Waals surface area contributed by atoms with Crippen molar-refractivity contribution in [1.29, 1.82) is 0 Å².